The van der Waals surface area contributed by atoms with E-state index in [0.717, 1.165) is 24.0 Å². The summed E-state index contributed by atoms with van der Waals surface area (Å²) in [5, 5.41) is 2.87. The van der Waals surface area contributed by atoms with Crippen LogP contribution in [0.25, 0.3) is 0 Å². The van der Waals surface area contributed by atoms with E-state index >= 15 is 0 Å². The highest BCUT2D eigenvalue weighted by Crippen LogP contribution is 2.17. The molecule has 1 unspecified atom stereocenters. The molecule has 1 atom stereocenters. The molecule has 3 N–H and O–H groups in total. The molecule has 0 bridgehead atoms. The maximum Gasteiger partial charge on any atom is 0.237 e. The highest BCUT2D eigenvalue weighted by molar-refractivity contribution is 5.81. The lowest BCUT2D eigenvalue weighted by atomic mass is 9.92. The number of nitrogens with one attached hydrogen (secondary N) is 1. The third-order valence-electron chi connectivity index (χ3n) is 4.07. The Balaban J connectivity index is 1.78. The molecule has 5 heteroatoms. The minimum absolute atomic E-state index is 0.110. The molecule has 1 aliphatic heterocycles. The maximum absolute atomic E-state index is 13.0. The molecule has 21 heavy (non-hydrogen) atoms. The van der Waals surface area contributed by atoms with Crippen LogP contribution in [0.4, 0.5) is 4.39 Å². The second-order valence-corrected chi connectivity index (χ2v) is 5.59. The molecule has 1 heterocycles. The lowest BCUT2D eigenvalue weighted by Gasteiger charge is -2.26. The van der Waals surface area contributed by atoms with Crippen molar-refractivity contribution in [3.05, 3.63) is 35.1 Å². The number of amides is 1. The first-order chi connectivity index (χ1) is 10.1. The zero-order valence-electron chi connectivity index (χ0n) is 12.4. The summed E-state index contributed by atoms with van der Waals surface area (Å²) in [5.41, 5.74) is 7.94. The summed E-state index contributed by atoms with van der Waals surface area (Å²) in [4.78, 5) is 12.0. The Bertz CT molecular complexity index is 487. The van der Waals surface area contributed by atoms with E-state index in [2.05, 4.69) is 5.32 Å². The van der Waals surface area contributed by atoms with Crippen molar-refractivity contribution in [2.45, 2.75) is 32.2 Å². The minimum Gasteiger partial charge on any atom is -0.381 e. The van der Waals surface area contributed by atoms with Crippen molar-refractivity contribution in [2.75, 3.05) is 19.8 Å². The molecule has 4 nitrogen and oxygen atoms in total. The molecule has 1 aromatic carbocycles. The zero-order valence-corrected chi connectivity index (χ0v) is 12.4. The van der Waals surface area contributed by atoms with Crippen LogP contribution < -0.4 is 11.1 Å². The fourth-order valence-electron chi connectivity index (χ4n) is 2.67. The van der Waals surface area contributed by atoms with Crippen molar-refractivity contribution >= 4 is 5.91 Å². The van der Waals surface area contributed by atoms with E-state index < -0.39 is 6.04 Å². The van der Waals surface area contributed by atoms with Crippen LogP contribution in [0.2, 0.25) is 0 Å². The highest BCUT2D eigenvalue weighted by atomic mass is 19.1. The van der Waals surface area contributed by atoms with Gasteiger partial charge in [0.25, 0.3) is 0 Å². The average molecular weight is 294 g/mol. The van der Waals surface area contributed by atoms with Crippen molar-refractivity contribution < 1.29 is 13.9 Å². The van der Waals surface area contributed by atoms with E-state index in [1.54, 1.807) is 6.07 Å². The monoisotopic (exact) mass is 294 g/mol. The molecule has 2 rings (SSSR count). The Hall–Kier alpha value is -1.46. The fourth-order valence-corrected chi connectivity index (χ4v) is 2.67. The first-order valence-corrected chi connectivity index (χ1v) is 7.44. The number of ether oxygens (including phenoxy) is 1. The third kappa shape index (κ3) is 4.51. The van der Waals surface area contributed by atoms with Gasteiger partial charge in [0.15, 0.2) is 0 Å². The summed E-state index contributed by atoms with van der Waals surface area (Å²) in [7, 11) is 0. The second kappa shape index (κ2) is 7.52. The van der Waals surface area contributed by atoms with E-state index in [-0.39, 0.29) is 17.6 Å². The lowest BCUT2D eigenvalue weighted by molar-refractivity contribution is -0.124. The normalized spacial score (nSPS) is 17.5. The molecular formula is C16H23FN2O2. The molecule has 0 spiro atoms. The predicted molar refractivity (Wildman–Crippen MR) is 79.4 cm³/mol. The Kier molecular flexibility index (Phi) is 5.70. The Morgan fingerprint density at radius 3 is 2.86 bits per heavy atom. The van der Waals surface area contributed by atoms with Crippen molar-refractivity contribution in [3.63, 3.8) is 0 Å². The SMILES string of the molecule is Cc1cc(F)ccc1CCNC(=O)C(N)C1CCOCC1. The van der Waals surface area contributed by atoms with Crippen LogP contribution >= 0.6 is 0 Å². The number of hydrogen-bond acceptors (Lipinski definition) is 3. The number of hydrogen-bond donors (Lipinski definition) is 2. The molecule has 0 aliphatic carbocycles. The van der Waals surface area contributed by atoms with E-state index in [1.807, 2.05) is 6.92 Å². The fraction of sp³-hybridized carbons (Fsp3) is 0.562. The topological polar surface area (TPSA) is 64.4 Å². The van der Waals surface area contributed by atoms with E-state index in [4.69, 9.17) is 10.5 Å². The van der Waals surface area contributed by atoms with Gasteiger partial charge in [-0.05, 0) is 55.4 Å². The molecule has 1 fully saturated rings. The molecule has 1 aliphatic rings. The van der Waals surface area contributed by atoms with Gasteiger partial charge in [-0.3, -0.25) is 4.79 Å². The molecule has 0 radical (unpaired) electrons. The molecular weight excluding hydrogens is 271 g/mol. The van der Waals surface area contributed by atoms with Gasteiger partial charge in [-0.1, -0.05) is 6.07 Å². The molecule has 1 amide bonds. The van der Waals surface area contributed by atoms with Gasteiger partial charge < -0.3 is 15.8 Å². The largest absolute Gasteiger partial charge is 0.381 e. The van der Waals surface area contributed by atoms with Crippen molar-refractivity contribution in [1.82, 2.24) is 5.32 Å². The number of nitrogens with two attached hydrogens (primary N) is 1. The first-order valence-electron chi connectivity index (χ1n) is 7.44. The van der Waals surface area contributed by atoms with Crippen molar-refractivity contribution in [3.8, 4) is 0 Å². The summed E-state index contributed by atoms with van der Waals surface area (Å²) in [6, 6.07) is 4.24. The molecule has 0 saturated carbocycles. The van der Waals surface area contributed by atoms with Gasteiger partial charge in [0.05, 0.1) is 6.04 Å². The number of benzene rings is 1. The van der Waals surface area contributed by atoms with Crippen LogP contribution in [-0.4, -0.2) is 31.7 Å². The van der Waals surface area contributed by atoms with Crippen LogP contribution in [0.15, 0.2) is 18.2 Å². The van der Waals surface area contributed by atoms with Gasteiger partial charge in [-0.15, -0.1) is 0 Å². The van der Waals surface area contributed by atoms with E-state index in [0.29, 0.717) is 26.2 Å². The molecule has 0 aromatic heterocycles. The smallest absolute Gasteiger partial charge is 0.237 e. The summed E-state index contributed by atoms with van der Waals surface area (Å²) >= 11 is 0. The Morgan fingerprint density at radius 2 is 2.19 bits per heavy atom. The number of halogens is 1. The highest BCUT2D eigenvalue weighted by Gasteiger charge is 2.26. The van der Waals surface area contributed by atoms with Crippen LogP contribution in [0, 0.1) is 18.7 Å². The number of carbonyl (C=O) groups is 1. The number of carbonyl (C=O) groups excluding carboxylic acids is 1. The van der Waals surface area contributed by atoms with E-state index in [9.17, 15) is 9.18 Å². The first kappa shape index (κ1) is 15.9. The second-order valence-electron chi connectivity index (χ2n) is 5.59. The van der Waals surface area contributed by atoms with Crippen LogP contribution in [0.5, 0.6) is 0 Å². The van der Waals surface area contributed by atoms with Crippen LogP contribution in [0.3, 0.4) is 0 Å². The predicted octanol–water partition coefficient (Wildman–Crippen LogP) is 1.55. The van der Waals surface area contributed by atoms with Gasteiger partial charge in [-0.25, -0.2) is 4.39 Å². The van der Waals surface area contributed by atoms with Crippen LogP contribution in [-0.2, 0) is 16.0 Å². The Labute approximate surface area is 124 Å². The van der Waals surface area contributed by atoms with Gasteiger partial charge in [0.1, 0.15) is 5.82 Å². The molecule has 1 aromatic rings. The average Bonchev–Trinajstić information content (AvgIpc) is 2.49. The van der Waals surface area contributed by atoms with Gasteiger partial charge in [0, 0.05) is 19.8 Å². The van der Waals surface area contributed by atoms with Gasteiger partial charge >= 0.3 is 0 Å². The number of aryl methyl sites for hydroxylation is 1. The summed E-state index contributed by atoms with van der Waals surface area (Å²) in [5.74, 6) is -0.144. The zero-order chi connectivity index (χ0) is 15.2. The van der Waals surface area contributed by atoms with Gasteiger partial charge in [-0.2, -0.15) is 0 Å². The minimum atomic E-state index is -0.469. The summed E-state index contributed by atoms with van der Waals surface area (Å²) in [6.07, 6.45) is 2.36. The summed E-state index contributed by atoms with van der Waals surface area (Å²) in [6.45, 7) is 3.75. The maximum atomic E-state index is 13.0. The Morgan fingerprint density at radius 1 is 1.48 bits per heavy atom. The third-order valence-corrected chi connectivity index (χ3v) is 4.07. The molecule has 1 saturated heterocycles. The van der Waals surface area contributed by atoms with E-state index in [1.165, 1.54) is 12.1 Å². The molecule has 116 valence electrons. The van der Waals surface area contributed by atoms with Gasteiger partial charge in [0.2, 0.25) is 5.91 Å². The lowest BCUT2D eigenvalue weighted by Crippen LogP contribution is -2.47. The standard InChI is InChI=1S/C16H23FN2O2/c1-11-10-14(17)3-2-12(11)4-7-19-16(20)15(18)13-5-8-21-9-6-13/h2-3,10,13,15H,4-9,18H2,1H3,(H,19,20). The van der Waals surface area contributed by atoms with Crippen LogP contribution in [0.1, 0.15) is 24.0 Å². The van der Waals surface area contributed by atoms with Crippen molar-refractivity contribution in [1.29, 1.82) is 0 Å². The number of rotatable bonds is 5. The summed E-state index contributed by atoms with van der Waals surface area (Å²) < 4.78 is 18.3. The quantitative estimate of drug-likeness (QED) is 0.866. The van der Waals surface area contributed by atoms with Crippen molar-refractivity contribution in [2.24, 2.45) is 11.7 Å².